The summed E-state index contributed by atoms with van der Waals surface area (Å²) in [5.41, 5.74) is 9.12. The Morgan fingerprint density at radius 1 is 0.950 bits per heavy atom. The monoisotopic (exact) mass is 831 g/mol. The Balaban J connectivity index is 1.34. The maximum atomic E-state index is 14.6. The van der Waals surface area contributed by atoms with Crippen molar-refractivity contribution in [1.82, 2.24) is 35.6 Å². The number of halogens is 1. The number of aromatic nitrogens is 1. The lowest BCUT2D eigenvalue weighted by Crippen LogP contribution is -2.47. The number of carbonyl (C=O) groups excluding carboxylic acids is 6. The third-order valence-electron chi connectivity index (χ3n) is 10.5. The molecule has 0 aliphatic carbocycles. The van der Waals surface area contributed by atoms with E-state index >= 15 is 0 Å². The van der Waals surface area contributed by atoms with E-state index in [9.17, 15) is 33.2 Å². The van der Waals surface area contributed by atoms with Gasteiger partial charge in [0.25, 0.3) is 11.8 Å². The molecule has 2 aromatic carbocycles. The maximum Gasteiger partial charge on any atom is 0.331 e. The first-order valence-electron chi connectivity index (χ1n) is 20.1. The molecule has 4 rings (SSSR count). The number of amides is 7. The van der Waals surface area contributed by atoms with Crippen molar-refractivity contribution in [3.63, 3.8) is 0 Å². The van der Waals surface area contributed by atoms with Crippen molar-refractivity contribution in [3.05, 3.63) is 81.9 Å². The molecular formula is C43H58FN9O7. The summed E-state index contributed by atoms with van der Waals surface area (Å²) >= 11 is 0. The highest BCUT2D eigenvalue weighted by atomic mass is 19.1. The molecule has 6 N–H and O–H groups in total. The number of nitrogens with one attached hydrogen (secondary N) is 4. The van der Waals surface area contributed by atoms with Gasteiger partial charge >= 0.3 is 6.03 Å². The second kappa shape index (κ2) is 21.8. The number of rotatable bonds is 20. The van der Waals surface area contributed by atoms with Gasteiger partial charge in [-0.2, -0.15) is 0 Å². The molecule has 1 aromatic heterocycles. The molecule has 16 nitrogen and oxygen atoms in total. The topological polar surface area (TPSA) is 203 Å². The minimum absolute atomic E-state index is 0.0290. The Morgan fingerprint density at radius 2 is 1.63 bits per heavy atom. The quantitative estimate of drug-likeness (QED) is 0.106. The van der Waals surface area contributed by atoms with Gasteiger partial charge in [-0.05, 0) is 87.4 Å². The van der Waals surface area contributed by atoms with Gasteiger partial charge in [0.05, 0.1) is 23.9 Å². The smallest absolute Gasteiger partial charge is 0.331 e. The highest BCUT2D eigenvalue weighted by molar-refractivity contribution is 6.42. The average Bonchev–Trinajstić information content (AvgIpc) is 3.67. The van der Waals surface area contributed by atoms with Crippen molar-refractivity contribution < 1.29 is 37.9 Å². The molecule has 17 heteroatoms. The van der Waals surface area contributed by atoms with E-state index in [1.165, 1.54) is 42.1 Å². The van der Waals surface area contributed by atoms with Crippen molar-refractivity contribution in [3.8, 4) is 5.75 Å². The molecule has 0 saturated heterocycles. The molecular weight excluding hydrogens is 774 g/mol. The van der Waals surface area contributed by atoms with Crippen LogP contribution in [0.5, 0.6) is 5.75 Å². The zero-order valence-corrected chi connectivity index (χ0v) is 35.6. The highest BCUT2D eigenvalue weighted by Gasteiger charge is 2.39. The zero-order chi connectivity index (χ0) is 44.1. The van der Waals surface area contributed by atoms with E-state index in [0.29, 0.717) is 41.4 Å². The Hall–Kier alpha value is -6.07. The number of methoxy groups -OCH3 is 1. The number of ether oxygens (including phenoxy) is 1. The molecule has 7 amide bonds. The number of H-pyrrole nitrogens is 1. The van der Waals surface area contributed by atoms with Gasteiger partial charge < -0.3 is 46.1 Å². The summed E-state index contributed by atoms with van der Waals surface area (Å²) in [7, 11) is 4.57. The van der Waals surface area contributed by atoms with Gasteiger partial charge in [0.2, 0.25) is 17.7 Å². The standard InChI is InChI=1S/C43H58FN9O7/c1-8-52(9-2)21-20-46-41(57)39-27(3)35(48-28(39)4)25-33-32-24-30(44)12-15-36(32)53(42(33)58)43(59)51(6)23-22-50(5)38(55)17-16-37(54)49-34(18-19-45)40(56)47-26-29-10-13-31(60-7)14-11-29/h10-15,24-25,34,48H,8-9,16-23,26,45H2,1-7H3,(H,46,57)(H,47,56)(H,49,54)/b33-25-. The van der Waals surface area contributed by atoms with Crippen LogP contribution in [0.1, 0.15) is 71.5 Å². The predicted octanol–water partition coefficient (Wildman–Crippen LogP) is 3.18. The molecule has 1 unspecified atom stereocenters. The molecule has 3 aromatic rings. The fourth-order valence-corrected chi connectivity index (χ4v) is 6.81. The van der Waals surface area contributed by atoms with Crippen LogP contribution in [0.15, 0.2) is 42.5 Å². The van der Waals surface area contributed by atoms with Gasteiger partial charge in [0.15, 0.2) is 0 Å². The summed E-state index contributed by atoms with van der Waals surface area (Å²) in [4.78, 5) is 88.6. The Labute approximate surface area is 350 Å². The van der Waals surface area contributed by atoms with Crippen LogP contribution in [0, 0.1) is 19.7 Å². The summed E-state index contributed by atoms with van der Waals surface area (Å²) in [6, 6.07) is 9.31. The second-order valence-corrected chi connectivity index (χ2v) is 14.6. The molecule has 2 heterocycles. The van der Waals surface area contributed by atoms with Gasteiger partial charge in [0, 0.05) is 76.6 Å². The number of nitrogens with two attached hydrogens (primary N) is 1. The minimum atomic E-state index is -0.883. The summed E-state index contributed by atoms with van der Waals surface area (Å²) < 4.78 is 19.8. The van der Waals surface area contributed by atoms with E-state index in [1.54, 1.807) is 33.1 Å². The van der Waals surface area contributed by atoms with Crippen LogP contribution in [0.2, 0.25) is 0 Å². The largest absolute Gasteiger partial charge is 0.497 e. The third kappa shape index (κ3) is 11.8. The van der Waals surface area contributed by atoms with Gasteiger partial charge in [-0.15, -0.1) is 0 Å². The van der Waals surface area contributed by atoms with E-state index in [4.69, 9.17) is 10.5 Å². The van der Waals surface area contributed by atoms with Crippen LogP contribution in [0.4, 0.5) is 14.9 Å². The lowest BCUT2D eigenvalue weighted by atomic mass is 10.0. The minimum Gasteiger partial charge on any atom is -0.497 e. The zero-order valence-electron chi connectivity index (χ0n) is 35.6. The van der Waals surface area contributed by atoms with E-state index in [0.717, 1.165) is 29.6 Å². The second-order valence-electron chi connectivity index (χ2n) is 14.6. The lowest BCUT2D eigenvalue weighted by molar-refractivity contribution is -0.133. The van der Waals surface area contributed by atoms with Crippen molar-refractivity contribution >= 4 is 52.9 Å². The molecule has 1 atom stereocenters. The molecule has 0 bridgehead atoms. The van der Waals surface area contributed by atoms with Gasteiger partial charge in [-0.1, -0.05) is 26.0 Å². The molecule has 1 aliphatic rings. The van der Waals surface area contributed by atoms with Crippen molar-refractivity contribution in [1.29, 1.82) is 0 Å². The molecule has 1 aliphatic heterocycles. The fourth-order valence-electron chi connectivity index (χ4n) is 6.81. The number of hydrogen-bond acceptors (Lipinski definition) is 9. The fraction of sp³-hybridized carbons (Fsp3) is 0.442. The summed E-state index contributed by atoms with van der Waals surface area (Å²) in [5, 5.41) is 8.41. The molecule has 60 heavy (non-hydrogen) atoms. The summed E-state index contributed by atoms with van der Waals surface area (Å²) in [6.07, 6.45) is 1.39. The SMILES string of the molecule is CCN(CC)CCNC(=O)c1c(C)[nH]c(/C=C2\C(=O)N(C(=O)N(C)CCN(C)C(=O)CCC(=O)NC(CCN)C(=O)NCc3ccc(OC)cc3)c3ccc(F)cc32)c1C. The molecule has 324 valence electrons. The molecule has 0 saturated carbocycles. The van der Waals surface area contributed by atoms with Crippen LogP contribution in [-0.4, -0.2) is 128 Å². The number of aryl methyl sites for hydroxylation is 1. The Bertz CT molecular complexity index is 2060. The van der Waals surface area contributed by atoms with Crippen molar-refractivity contribution in [2.75, 3.05) is 71.9 Å². The maximum absolute atomic E-state index is 14.6. The van der Waals surface area contributed by atoms with Crippen LogP contribution < -0.4 is 31.3 Å². The number of benzene rings is 2. The number of nitrogens with zero attached hydrogens (tertiary/aromatic N) is 4. The van der Waals surface area contributed by atoms with Crippen LogP contribution in [-0.2, 0) is 25.7 Å². The van der Waals surface area contributed by atoms with Crippen LogP contribution >= 0.6 is 0 Å². The molecule has 0 fully saturated rings. The lowest BCUT2D eigenvalue weighted by Gasteiger charge is -2.26. The number of anilines is 1. The van der Waals surface area contributed by atoms with Crippen LogP contribution in [0.25, 0.3) is 11.6 Å². The van der Waals surface area contributed by atoms with Crippen molar-refractivity contribution in [2.24, 2.45) is 5.73 Å². The van der Waals surface area contributed by atoms with E-state index < -0.39 is 35.6 Å². The number of imide groups is 1. The normalized spacial score (nSPS) is 13.3. The molecule has 0 radical (unpaired) electrons. The number of urea groups is 1. The average molecular weight is 832 g/mol. The van der Waals surface area contributed by atoms with E-state index in [-0.39, 0.29) is 74.1 Å². The number of hydrogen-bond donors (Lipinski definition) is 5. The van der Waals surface area contributed by atoms with Crippen molar-refractivity contribution in [2.45, 2.75) is 59.5 Å². The first-order valence-corrected chi connectivity index (χ1v) is 20.1. The van der Waals surface area contributed by atoms with E-state index in [2.05, 4.69) is 39.7 Å². The highest BCUT2D eigenvalue weighted by Crippen LogP contribution is 2.39. The number of aromatic amines is 1. The summed E-state index contributed by atoms with van der Waals surface area (Å²) in [6.45, 7) is 11.0. The molecule has 0 spiro atoms. The van der Waals surface area contributed by atoms with Gasteiger partial charge in [-0.25, -0.2) is 14.1 Å². The summed E-state index contributed by atoms with van der Waals surface area (Å²) in [5.74, 6) is -2.13. The Kier molecular flexibility index (Phi) is 16.9. The first-order chi connectivity index (χ1) is 28.6. The van der Waals surface area contributed by atoms with Gasteiger partial charge in [0.1, 0.15) is 17.6 Å². The predicted molar refractivity (Wildman–Crippen MR) is 227 cm³/mol. The van der Waals surface area contributed by atoms with Gasteiger partial charge in [-0.3, -0.25) is 24.0 Å². The Morgan fingerprint density at radius 3 is 2.28 bits per heavy atom. The number of fused-ring (bicyclic) bond motifs is 1. The van der Waals surface area contributed by atoms with Crippen LogP contribution in [0.3, 0.4) is 0 Å². The number of likely N-dealkylation sites (N-methyl/N-ethyl adjacent to an activating group) is 3. The van der Waals surface area contributed by atoms with E-state index in [1.807, 2.05) is 12.1 Å². The number of carbonyl (C=O) groups is 6. The third-order valence-corrected chi connectivity index (χ3v) is 10.5. The first kappa shape index (κ1) is 46.6.